The van der Waals surface area contributed by atoms with Crippen molar-refractivity contribution in [1.29, 1.82) is 0 Å². The van der Waals surface area contributed by atoms with Gasteiger partial charge in [0.1, 0.15) is 5.82 Å². The van der Waals surface area contributed by atoms with Gasteiger partial charge in [-0.05, 0) is 25.0 Å². The standard InChI is InChI=1S/C18H25N5O2/c1-12(2)17-22-18(25-23-17)13-7-9-19-15(11-13)20-10-8-16(24)21-14-5-3-4-6-14/h7,9,11-12,14H,3-6,8,10H2,1-2H3,(H,19,20)(H,21,24). The first-order valence-corrected chi connectivity index (χ1v) is 8.95. The molecule has 0 radical (unpaired) electrons. The van der Waals surface area contributed by atoms with E-state index in [0.29, 0.717) is 36.5 Å². The Morgan fingerprint density at radius 3 is 2.88 bits per heavy atom. The minimum absolute atomic E-state index is 0.0917. The summed E-state index contributed by atoms with van der Waals surface area (Å²) in [6, 6.07) is 4.05. The van der Waals surface area contributed by atoms with Gasteiger partial charge in [-0.3, -0.25) is 4.79 Å². The van der Waals surface area contributed by atoms with Crippen molar-refractivity contribution >= 4 is 11.7 Å². The van der Waals surface area contributed by atoms with Gasteiger partial charge >= 0.3 is 0 Å². The molecule has 3 rings (SSSR count). The van der Waals surface area contributed by atoms with Crippen LogP contribution in [0.3, 0.4) is 0 Å². The van der Waals surface area contributed by atoms with Crippen LogP contribution in [0, 0.1) is 0 Å². The molecule has 0 aliphatic heterocycles. The highest BCUT2D eigenvalue weighted by Crippen LogP contribution is 2.21. The SMILES string of the molecule is CC(C)c1noc(-c2ccnc(NCCC(=O)NC3CCCC3)c2)n1. The molecular weight excluding hydrogens is 318 g/mol. The molecule has 0 spiro atoms. The zero-order valence-electron chi connectivity index (χ0n) is 14.8. The van der Waals surface area contributed by atoms with Crippen molar-refractivity contribution in [3.05, 3.63) is 24.2 Å². The second-order valence-corrected chi connectivity index (χ2v) is 6.77. The summed E-state index contributed by atoms with van der Waals surface area (Å²) < 4.78 is 5.30. The van der Waals surface area contributed by atoms with E-state index in [-0.39, 0.29) is 11.8 Å². The summed E-state index contributed by atoms with van der Waals surface area (Å²) in [4.78, 5) is 20.6. The van der Waals surface area contributed by atoms with Crippen molar-refractivity contribution in [2.24, 2.45) is 0 Å². The van der Waals surface area contributed by atoms with E-state index in [9.17, 15) is 4.79 Å². The molecule has 2 aromatic heterocycles. The summed E-state index contributed by atoms with van der Waals surface area (Å²) in [6.45, 7) is 4.58. The molecular formula is C18H25N5O2. The quantitative estimate of drug-likeness (QED) is 0.802. The van der Waals surface area contributed by atoms with Crippen LogP contribution in [0.1, 0.15) is 57.7 Å². The van der Waals surface area contributed by atoms with E-state index in [1.165, 1.54) is 12.8 Å². The lowest BCUT2D eigenvalue weighted by molar-refractivity contribution is -0.121. The van der Waals surface area contributed by atoms with Gasteiger partial charge < -0.3 is 15.2 Å². The molecule has 0 bridgehead atoms. The minimum atomic E-state index is 0.0917. The summed E-state index contributed by atoms with van der Waals surface area (Å²) in [5, 5.41) is 10.2. The molecule has 0 aromatic carbocycles. The second kappa shape index (κ2) is 8.09. The molecule has 7 heteroatoms. The van der Waals surface area contributed by atoms with Crippen molar-refractivity contribution in [3.63, 3.8) is 0 Å². The van der Waals surface area contributed by atoms with Crippen LogP contribution in [0.2, 0.25) is 0 Å². The Hall–Kier alpha value is -2.44. The highest BCUT2D eigenvalue weighted by atomic mass is 16.5. The van der Waals surface area contributed by atoms with Crippen LogP contribution in [0.5, 0.6) is 0 Å². The van der Waals surface area contributed by atoms with E-state index in [2.05, 4.69) is 25.8 Å². The molecule has 1 fully saturated rings. The van der Waals surface area contributed by atoms with E-state index in [4.69, 9.17) is 4.52 Å². The normalized spacial score (nSPS) is 14.8. The van der Waals surface area contributed by atoms with Gasteiger partial charge in [-0.2, -0.15) is 4.98 Å². The van der Waals surface area contributed by atoms with Crippen LogP contribution in [0.25, 0.3) is 11.5 Å². The molecule has 1 aliphatic carbocycles. The molecule has 0 unspecified atom stereocenters. The Morgan fingerprint density at radius 1 is 1.36 bits per heavy atom. The van der Waals surface area contributed by atoms with Gasteiger partial charge in [-0.25, -0.2) is 4.98 Å². The number of hydrogen-bond acceptors (Lipinski definition) is 6. The van der Waals surface area contributed by atoms with Crippen LogP contribution in [0.15, 0.2) is 22.9 Å². The summed E-state index contributed by atoms with van der Waals surface area (Å²) in [6.07, 6.45) is 6.76. The monoisotopic (exact) mass is 343 g/mol. The molecule has 1 aliphatic rings. The van der Waals surface area contributed by atoms with Crippen LogP contribution in [0.4, 0.5) is 5.82 Å². The maximum absolute atomic E-state index is 11.9. The smallest absolute Gasteiger partial charge is 0.258 e. The van der Waals surface area contributed by atoms with Gasteiger partial charge in [0.05, 0.1) is 0 Å². The van der Waals surface area contributed by atoms with Crippen LogP contribution in [-0.4, -0.2) is 33.6 Å². The molecule has 0 saturated heterocycles. The van der Waals surface area contributed by atoms with E-state index >= 15 is 0 Å². The second-order valence-electron chi connectivity index (χ2n) is 6.77. The summed E-state index contributed by atoms with van der Waals surface area (Å²) in [7, 11) is 0. The molecule has 25 heavy (non-hydrogen) atoms. The Bertz CT molecular complexity index is 707. The number of anilines is 1. The van der Waals surface area contributed by atoms with E-state index < -0.39 is 0 Å². The fourth-order valence-corrected chi connectivity index (χ4v) is 2.92. The molecule has 134 valence electrons. The predicted octanol–water partition coefficient (Wildman–Crippen LogP) is 3.12. The Labute approximate surface area is 147 Å². The highest BCUT2D eigenvalue weighted by Gasteiger charge is 2.16. The predicted molar refractivity (Wildman–Crippen MR) is 95.1 cm³/mol. The minimum Gasteiger partial charge on any atom is -0.370 e. The fourth-order valence-electron chi connectivity index (χ4n) is 2.92. The van der Waals surface area contributed by atoms with Crippen molar-refractivity contribution in [2.45, 2.75) is 57.9 Å². The van der Waals surface area contributed by atoms with Crippen molar-refractivity contribution in [1.82, 2.24) is 20.4 Å². The van der Waals surface area contributed by atoms with Crippen molar-refractivity contribution in [3.8, 4) is 11.5 Å². The summed E-state index contributed by atoms with van der Waals surface area (Å²) in [5.74, 6) is 2.16. The number of rotatable bonds is 7. The molecule has 2 heterocycles. The van der Waals surface area contributed by atoms with Crippen LogP contribution >= 0.6 is 0 Å². The first-order valence-electron chi connectivity index (χ1n) is 8.95. The number of amides is 1. The number of carbonyl (C=O) groups is 1. The molecule has 2 aromatic rings. The number of pyridine rings is 1. The third kappa shape index (κ3) is 4.78. The maximum Gasteiger partial charge on any atom is 0.258 e. The first kappa shape index (κ1) is 17.4. The van der Waals surface area contributed by atoms with E-state index in [1.54, 1.807) is 6.20 Å². The highest BCUT2D eigenvalue weighted by molar-refractivity contribution is 5.76. The maximum atomic E-state index is 11.9. The molecule has 0 atom stereocenters. The summed E-state index contributed by atoms with van der Waals surface area (Å²) >= 11 is 0. The van der Waals surface area contributed by atoms with Crippen LogP contribution in [-0.2, 0) is 4.79 Å². The molecule has 1 amide bonds. The van der Waals surface area contributed by atoms with Crippen molar-refractivity contribution in [2.75, 3.05) is 11.9 Å². The Kier molecular flexibility index (Phi) is 5.63. The van der Waals surface area contributed by atoms with Gasteiger partial charge in [-0.15, -0.1) is 0 Å². The average Bonchev–Trinajstić information content (AvgIpc) is 3.26. The lowest BCUT2D eigenvalue weighted by Crippen LogP contribution is -2.33. The molecule has 2 N–H and O–H groups in total. The largest absolute Gasteiger partial charge is 0.370 e. The zero-order valence-corrected chi connectivity index (χ0v) is 14.8. The molecule has 7 nitrogen and oxygen atoms in total. The van der Waals surface area contributed by atoms with Gasteiger partial charge in [0.25, 0.3) is 5.89 Å². The number of nitrogens with one attached hydrogen (secondary N) is 2. The number of nitrogens with zero attached hydrogens (tertiary/aromatic N) is 3. The fraction of sp³-hybridized carbons (Fsp3) is 0.556. The number of hydrogen-bond donors (Lipinski definition) is 2. The van der Waals surface area contributed by atoms with E-state index in [1.807, 2.05) is 26.0 Å². The lowest BCUT2D eigenvalue weighted by atomic mass is 10.2. The Morgan fingerprint density at radius 2 is 2.16 bits per heavy atom. The van der Waals surface area contributed by atoms with Gasteiger partial charge in [0.2, 0.25) is 5.91 Å². The lowest BCUT2D eigenvalue weighted by Gasteiger charge is -2.12. The van der Waals surface area contributed by atoms with Gasteiger partial charge in [0.15, 0.2) is 5.82 Å². The van der Waals surface area contributed by atoms with Crippen molar-refractivity contribution < 1.29 is 9.32 Å². The topological polar surface area (TPSA) is 92.9 Å². The van der Waals surface area contributed by atoms with Gasteiger partial charge in [-0.1, -0.05) is 31.8 Å². The van der Waals surface area contributed by atoms with E-state index in [0.717, 1.165) is 18.4 Å². The third-order valence-corrected chi connectivity index (χ3v) is 4.34. The first-order chi connectivity index (χ1) is 12.1. The molecule has 1 saturated carbocycles. The van der Waals surface area contributed by atoms with Gasteiger partial charge in [0, 0.05) is 36.7 Å². The third-order valence-electron chi connectivity index (χ3n) is 4.34. The zero-order chi connectivity index (χ0) is 17.6. The number of carbonyl (C=O) groups excluding carboxylic acids is 1. The number of aromatic nitrogens is 3. The Balaban J connectivity index is 1.51. The van der Waals surface area contributed by atoms with Crippen LogP contribution < -0.4 is 10.6 Å². The summed E-state index contributed by atoms with van der Waals surface area (Å²) in [5.41, 5.74) is 0.812. The average molecular weight is 343 g/mol.